The molecular weight excluding hydrogens is 376 g/mol. The van der Waals surface area contributed by atoms with Crippen molar-refractivity contribution in [2.24, 2.45) is 0 Å². The number of pyridine rings is 1. The number of rotatable bonds is 4. The minimum absolute atomic E-state index is 0.321. The molecule has 0 radical (unpaired) electrons. The number of benzene rings is 2. The van der Waals surface area contributed by atoms with Gasteiger partial charge in [-0.1, -0.05) is 49.2 Å². The molecule has 1 amide bonds. The number of hydrogen-bond donors (Lipinski definition) is 1. The molecule has 0 spiro atoms. The van der Waals surface area contributed by atoms with E-state index in [-0.39, 0.29) is 12.5 Å². The summed E-state index contributed by atoms with van der Waals surface area (Å²) < 4.78 is 5.47. The first-order valence-electron chi connectivity index (χ1n) is 10.6. The maximum absolute atomic E-state index is 13.1. The van der Waals surface area contributed by atoms with Crippen LogP contribution in [0.2, 0.25) is 0 Å². The lowest BCUT2D eigenvalue weighted by Crippen LogP contribution is -2.22. The van der Waals surface area contributed by atoms with Gasteiger partial charge in [0.25, 0.3) is 5.91 Å². The van der Waals surface area contributed by atoms with Gasteiger partial charge in [-0.15, -0.1) is 0 Å². The number of aromatic nitrogens is 1. The number of carbonyl (C=O) groups excluding carboxylic acids is 2. The van der Waals surface area contributed by atoms with Crippen molar-refractivity contribution in [1.82, 2.24) is 4.98 Å². The molecule has 30 heavy (non-hydrogen) atoms. The second kappa shape index (κ2) is 9.08. The number of hydrogen-bond acceptors (Lipinski definition) is 4. The Bertz CT molecular complexity index is 1090. The summed E-state index contributed by atoms with van der Waals surface area (Å²) >= 11 is 0. The molecular formula is C25H26N2O3. The van der Waals surface area contributed by atoms with Gasteiger partial charge in [0.1, 0.15) is 0 Å². The molecule has 1 aromatic heterocycles. The Morgan fingerprint density at radius 3 is 2.53 bits per heavy atom. The van der Waals surface area contributed by atoms with Crippen molar-refractivity contribution in [1.29, 1.82) is 0 Å². The van der Waals surface area contributed by atoms with E-state index in [2.05, 4.69) is 5.32 Å². The van der Waals surface area contributed by atoms with Gasteiger partial charge in [-0.3, -0.25) is 9.78 Å². The Kier molecular flexibility index (Phi) is 6.07. The minimum atomic E-state index is -0.453. The van der Waals surface area contributed by atoms with E-state index in [0.717, 1.165) is 65.5 Å². The molecule has 5 nitrogen and oxygen atoms in total. The fraction of sp³-hybridized carbons (Fsp3) is 0.320. The molecule has 0 unspecified atom stereocenters. The number of aryl methyl sites for hydroxylation is 2. The van der Waals surface area contributed by atoms with Crippen LogP contribution in [0.25, 0.3) is 10.9 Å². The number of carbonyl (C=O) groups is 2. The van der Waals surface area contributed by atoms with E-state index < -0.39 is 5.97 Å². The van der Waals surface area contributed by atoms with Crippen molar-refractivity contribution in [3.05, 3.63) is 70.9 Å². The number of ether oxygens (including phenoxy) is 1. The number of anilines is 1. The quantitative estimate of drug-likeness (QED) is 0.624. The molecule has 1 N–H and O–H groups in total. The molecule has 2 aromatic carbocycles. The number of para-hydroxylation sites is 2. The lowest BCUT2D eigenvalue weighted by molar-refractivity contribution is -0.119. The zero-order chi connectivity index (χ0) is 20.9. The Hall–Kier alpha value is -3.21. The minimum Gasteiger partial charge on any atom is -0.452 e. The molecule has 0 atom stereocenters. The van der Waals surface area contributed by atoms with Crippen molar-refractivity contribution in [3.63, 3.8) is 0 Å². The van der Waals surface area contributed by atoms with Gasteiger partial charge in [-0.2, -0.15) is 0 Å². The highest BCUT2D eigenvalue weighted by Crippen LogP contribution is 2.29. The van der Waals surface area contributed by atoms with Crippen LogP contribution in [0.15, 0.2) is 48.5 Å². The van der Waals surface area contributed by atoms with Gasteiger partial charge in [0.2, 0.25) is 0 Å². The van der Waals surface area contributed by atoms with Crippen molar-refractivity contribution >= 4 is 28.5 Å². The molecule has 0 saturated carbocycles. The highest BCUT2D eigenvalue weighted by Gasteiger charge is 2.23. The molecule has 1 aliphatic rings. The number of nitrogens with zero attached hydrogens (tertiary/aromatic N) is 1. The number of esters is 1. The lowest BCUT2D eigenvalue weighted by atomic mass is 9.91. The highest BCUT2D eigenvalue weighted by atomic mass is 16.5. The molecule has 1 heterocycles. The maximum atomic E-state index is 13.1. The molecule has 5 heteroatoms. The van der Waals surface area contributed by atoms with Crippen LogP contribution in [0.5, 0.6) is 0 Å². The largest absolute Gasteiger partial charge is 0.452 e. The normalized spacial score (nSPS) is 13.8. The van der Waals surface area contributed by atoms with E-state index in [4.69, 9.17) is 9.72 Å². The molecule has 0 aliphatic heterocycles. The summed E-state index contributed by atoms with van der Waals surface area (Å²) in [4.78, 5) is 30.3. The van der Waals surface area contributed by atoms with Gasteiger partial charge in [-0.05, 0) is 55.9 Å². The predicted molar refractivity (Wildman–Crippen MR) is 118 cm³/mol. The van der Waals surface area contributed by atoms with E-state index in [1.54, 1.807) is 0 Å². The van der Waals surface area contributed by atoms with Crippen molar-refractivity contribution < 1.29 is 14.3 Å². The van der Waals surface area contributed by atoms with E-state index in [1.807, 2.05) is 55.5 Å². The van der Waals surface area contributed by atoms with Crippen LogP contribution in [0.4, 0.5) is 5.69 Å². The zero-order valence-electron chi connectivity index (χ0n) is 17.2. The summed E-state index contributed by atoms with van der Waals surface area (Å²) in [5.41, 5.74) is 5.02. The summed E-state index contributed by atoms with van der Waals surface area (Å²) in [6.07, 6.45) is 6.13. The third kappa shape index (κ3) is 4.35. The lowest BCUT2D eigenvalue weighted by Gasteiger charge is -2.18. The maximum Gasteiger partial charge on any atom is 0.339 e. The summed E-state index contributed by atoms with van der Waals surface area (Å²) in [5.74, 6) is -0.802. The van der Waals surface area contributed by atoms with E-state index in [0.29, 0.717) is 5.56 Å². The molecule has 0 saturated heterocycles. The standard InChI is InChI=1S/C25H26N2O3/c1-17-10-6-8-13-20(17)27-23(28)16-30-25(29)24-18-11-4-2-3-5-14-21(18)26-22-15-9-7-12-19(22)24/h6-10,12-13,15H,2-5,11,14,16H2,1H3,(H,27,28). The van der Waals surface area contributed by atoms with Gasteiger partial charge < -0.3 is 10.1 Å². The first-order valence-corrected chi connectivity index (χ1v) is 10.6. The fourth-order valence-corrected chi connectivity index (χ4v) is 4.06. The van der Waals surface area contributed by atoms with Crippen LogP contribution < -0.4 is 5.32 Å². The average Bonchev–Trinajstić information content (AvgIpc) is 2.73. The molecule has 0 fully saturated rings. The first-order chi connectivity index (χ1) is 14.6. The van der Waals surface area contributed by atoms with Gasteiger partial charge in [-0.25, -0.2) is 4.79 Å². The highest BCUT2D eigenvalue weighted by molar-refractivity contribution is 6.06. The van der Waals surface area contributed by atoms with E-state index >= 15 is 0 Å². The van der Waals surface area contributed by atoms with Crippen molar-refractivity contribution in [2.45, 2.75) is 45.4 Å². The van der Waals surface area contributed by atoms with Crippen LogP contribution in [-0.4, -0.2) is 23.5 Å². The van der Waals surface area contributed by atoms with Crippen molar-refractivity contribution in [3.8, 4) is 0 Å². The summed E-state index contributed by atoms with van der Waals surface area (Å²) in [6, 6.07) is 15.2. The fourth-order valence-electron chi connectivity index (χ4n) is 4.06. The molecule has 3 aromatic rings. The molecule has 1 aliphatic carbocycles. The van der Waals surface area contributed by atoms with E-state index in [9.17, 15) is 9.59 Å². The van der Waals surface area contributed by atoms with E-state index in [1.165, 1.54) is 6.42 Å². The Morgan fingerprint density at radius 2 is 1.70 bits per heavy atom. The second-order valence-electron chi connectivity index (χ2n) is 7.78. The van der Waals surface area contributed by atoms with Gasteiger partial charge in [0.05, 0.1) is 11.1 Å². The van der Waals surface area contributed by atoms with Crippen LogP contribution in [0, 0.1) is 6.92 Å². The number of fused-ring (bicyclic) bond motifs is 2. The van der Waals surface area contributed by atoms with Crippen LogP contribution in [-0.2, 0) is 22.4 Å². The monoisotopic (exact) mass is 402 g/mol. The van der Waals surface area contributed by atoms with Gasteiger partial charge in [0, 0.05) is 16.8 Å². The van der Waals surface area contributed by atoms with Crippen molar-refractivity contribution in [2.75, 3.05) is 11.9 Å². The summed E-state index contributed by atoms with van der Waals surface area (Å²) in [6.45, 7) is 1.60. The Labute approximate surface area is 176 Å². The SMILES string of the molecule is Cc1ccccc1NC(=O)COC(=O)c1c2c(nc3ccccc13)CCCCCC2. The average molecular weight is 402 g/mol. The topological polar surface area (TPSA) is 68.3 Å². The molecule has 4 rings (SSSR count). The first kappa shape index (κ1) is 20.1. The third-order valence-corrected chi connectivity index (χ3v) is 5.63. The third-order valence-electron chi connectivity index (χ3n) is 5.63. The molecule has 0 bridgehead atoms. The smallest absolute Gasteiger partial charge is 0.339 e. The second-order valence-corrected chi connectivity index (χ2v) is 7.78. The number of amides is 1. The zero-order valence-corrected chi connectivity index (χ0v) is 17.2. The summed E-state index contributed by atoms with van der Waals surface area (Å²) in [7, 11) is 0. The Morgan fingerprint density at radius 1 is 0.967 bits per heavy atom. The Balaban J connectivity index is 1.58. The summed E-state index contributed by atoms with van der Waals surface area (Å²) in [5, 5.41) is 3.60. The number of nitrogens with one attached hydrogen (secondary N) is 1. The van der Waals surface area contributed by atoms with Crippen LogP contribution >= 0.6 is 0 Å². The van der Waals surface area contributed by atoms with Crippen LogP contribution in [0.3, 0.4) is 0 Å². The molecule has 154 valence electrons. The van der Waals surface area contributed by atoms with Gasteiger partial charge >= 0.3 is 5.97 Å². The van der Waals surface area contributed by atoms with Crippen LogP contribution in [0.1, 0.15) is 52.9 Å². The van der Waals surface area contributed by atoms with Gasteiger partial charge in [0.15, 0.2) is 6.61 Å². The predicted octanol–water partition coefficient (Wildman–Crippen LogP) is 5.00.